The van der Waals surface area contributed by atoms with Gasteiger partial charge in [0.25, 0.3) is 0 Å². The SMILES string of the molecule is CN1CCC(CNc2ccc(C(N)=S)c3ccccc23)C1. The molecule has 0 amide bonds. The Morgan fingerprint density at radius 3 is 2.71 bits per heavy atom. The number of rotatable bonds is 4. The molecule has 0 aliphatic carbocycles. The van der Waals surface area contributed by atoms with E-state index < -0.39 is 0 Å². The molecule has 0 aromatic heterocycles. The molecular weight excluding hydrogens is 278 g/mol. The van der Waals surface area contributed by atoms with Crippen molar-refractivity contribution >= 4 is 33.7 Å². The zero-order valence-corrected chi connectivity index (χ0v) is 13.1. The third-order valence-corrected chi connectivity index (χ3v) is 4.48. The van der Waals surface area contributed by atoms with Crippen molar-refractivity contribution in [1.82, 2.24) is 4.90 Å². The van der Waals surface area contributed by atoms with E-state index in [0.29, 0.717) is 4.99 Å². The zero-order chi connectivity index (χ0) is 14.8. The Morgan fingerprint density at radius 1 is 1.29 bits per heavy atom. The molecule has 3 rings (SSSR count). The Balaban J connectivity index is 1.86. The summed E-state index contributed by atoms with van der Waals surface area (Å²) in [5.41, 5.74) is 7.94. The van der Waals surface area contributed by atoms with Gasteiger partial charge in [-0.1, -0.05) is 36.5 Å². The van der Waals surface area contributed by atoms with Crippen LogP contribution >= 0.6 is 12.2 Å². The average Bonchev–Trinajstić information content (AvgIpc) is 2.90. The molecule has 3 nitrogen and oxygen atoms in total. The first-order valence-electron chi connectivity index (χ1n) is 7.39. The van der Waals surface area contributed by atoms with E-state index in [2.05, 4.69) is 41.5 Å². The zero-order valence-electron chi connectivity index (χ0n) is 12.3. The highest BCUT2D eigenvalue weighted by molar-refractivity contribution is 7.80. The number of hydrogen-bond donors (Lipinski definition) is 2. The third-order valence-electron chi connectivity index (χ3n) is 4.26. The molecule has 0 radical (unpaired) electrons. The number of nitrogens with two attached hydrogens (primary N) is 1. The fourth-order valence-electron chi connectivity index (χ4n) is 3.12. The standard InChI is InChI=1S/C17H21N3S/c1-20-9-8-12(11-20)10-19-16-7-6-15(17(18)21)13-4-2-3-5-14(13)16/h2-7,12,19H,8-11H2,1H3,(H2,18,21). The lowest BCUT2D eigenvalue weighted by molar-refractivity contribution is 0.399. The molecule has 1 saturated heterocycles. The highest BCUT2D eigenvalue weighted by atomic mass is 32.1. The van der Waals surface area contributed by atoms with Gasteiger partial charge in [-0.15, -0.1) is 0 Å². The van der Waals surface area contributed by atoms with Crippen LogP contribution in [0, 0.1) is 5.92 Å². The number of nitrogens with zero attached hydrogens (tertiary/aromatic N) is 1. The Kier molecular flexibility index (Phi) is 4.08. The Bertz CT molecular complexity index is 668. The van der Waals surface area contributed by atoms with Crippen LogP contribution in [0.15, 0.2) is 36.4 Å². The van der Waals surface area contributed by atoms with Gasteiger partial charge in [-0.25, -0.2) is 0 Å². The molecule has 1 aliphatic heterocycles. The van der Waals surface area contributed by atoms with Gasteiger partial charge < -0.3 is 16.0 Å². The lowest BCUT2D eigenvalue weighted by atomic mass is 10.0. The first-order chi connectivity index (χ1) is 10.1. The van der Waals surface area contributed by atoms with E-state index in [9.17, 15) is 0 Å². The second-order valence-electron chi connectivity index (χ2n) is 5.87. The number of likely N-dealkylation sites (tertiary alicyclic amines) is 1. The molecule has 3 N–H and O–H groups in total. The average molecular weight is 299 g/mol. The van der Waals surface area contributed by atoms with Crippen LogP contribution in [-0.4, -0.2) is 36.6 Å². The van der Waals surface area contributed by atoms with Crippen molar-refractivity contribution in [3.05, 3.63) is 42.0 Å². The quantitative estimate of drug-likeness (QED) is 0.852. The summed E-state index contributed by atoms with van der Waals surface area (Å²) in [4.78, 5) is 2.84. The first kappa shape index (κ1) is 14.3. The van der Waals surface area contributed by atoms with Crippen molar-refractivity contribution < 1.29 is 0 Å². The summed E-state index contributed by atoms with van der Waals surface area (Å²) in [7, 11) is 2.19. The van der Waals surface area contributed by atoms with Crippen LogP contribution in [0.5, 0.6) is 0 Å². The molecule has 2 aromatic carbocycles. The van der Waals surface area contributed by atoms with Gasteiger partial charge in [0.15, 0.2) is 0 Å². The van der Waals surface area contributed by atoms with Gasteiger partial charge >= 0.3 is 0 Å². The summed E-state index contributed by atoms with van der Waals surface area (Å²) < 4.78 is 0. The summed E-state index contributed by atoms with van der Waals surface area (Å²) in [5, 5.41) is 5.92. The van der Waals surface area contributed by atoms with Gasteiger partial charge in [-0.05, 0) is 43.5 Å². The van der Waals surface area contributed by atoms with Gasteiger partial charge in [0.05, 0.1) is 0 Å². The molecule has 1 heterocycles. The maximum absolute atomic E-state index is 5.82. The van der Waals surface area contributed by atoms with Crippen LogP contribution in [0.2, 0.25) is 0 Å². The summed E-state index contributed by atoms with van der Waals surface area (Å²) in [6.45, 7) is 3.39. The molecule has 0 spiro atoms. The largest absolute Gasteiger partial charge is 0.389 e. The van der Waals surface area contributed by atoms with E-state index >= 15 is 0 Å². The summed E-state index contributed by atoms with van der Waals surface area (Å²) in [6.07, 6.45) is 1.27. The number of hydrogen-bond acceptors (Lipinski definition) is 3. The molecule has 1 aliphatic rings. The topological polar surface area (TPSA) is 41.3 Å². The van der Waals surface area contributed by atoms with Gasteiger partial charge in [0.2, 0.25) is 0 Å². The second kappa shape index (κ2) is 6.00. The minimum absolute atomic E-state index is 0.454. The van der Waals surface area contributed by atoms with Gasteiger partial charge in [0.1, 0.15) is 4.99 Å². The van der Waals surface area contributed by atoms with Crippen LogP contribution in [0.3, 0.4) is 0 Å². The number of anilines is 1. The molecule has 1 fully saturated rings. The van der Waals surface area contributed by atoms with E-state index in [4.69, 9.17) is 18.0 Å². The van der Waals surface area contributed by atoms with Crippen LogP contribution in [-0.2, 0) is 0 Å². The molecule has 0 bridgehead atoms. The van der Waals surface area contributed by atoms with Crippen LogP contribution < -0.4 is 11.1 Å². The van der Waals surface area contributed by atoms with Crippen molar-refractivity contribution in [2.24, 2.45) is 11.7 Å². The second-order valence-corrected chi connectivity index (χ2v) is 6.31. The molecular formula is C17H21N3S. The van der Waals surface area contributed by atoms with E-state index in [1.54, 1.807) is 0 Å². The number of nitrogens with one attached hydrogen (secondary N) is 1. The van der Waals surface area contributed by atoms with Crippen molar-refractivity contribution in [2.75, 3.05) is 32.0 Å². The lowest BCUT2D eigenvalue weighted by Gasteiger charge is -2.15. The van der Waals surface area contributed by atoms with Crippen LogP contribution in [0.4, 0.5) is 5.69 Å². The summed E-state index contributed by atoms with van der Waals surface area (Å²) in [5.74, 6) is 0.726. The van der Waals surface area contributed by atoms with E-state index in [-0.39, 0.29) is 0 Å². The number of benzene rings is 2. The molecule has 4 heteroatoms. The van der Waals surface area contributed by atoms with Crippen LogP contribution in [0.1, 0.15) is 12.0 Å². The minimum atomic E-state index is 0.454. The van der Waals surface area contributed by atoms with E-state index in [0.717, 1.165) is 23.4 Å². The summed E-state index contributed by atoms with van der Waals surface area (Å²) >= 11 is 5.15. The smallest absolute Gasteiger partial charge is 0.104 e. The van der Waals surface area contributed by atoms with Gasteiger partial charge in [0, 0.05) is 29.7 Å². The molecule has 0 saturated carbocycles. The first-order valence-corrected chi connectivity index (χ1v) is 7.80. The highest BCUT2D eigenvalue weighted by Gasteiger charge is 2.19. The summed E-state index contributed by atoms with van der Waals surface area (Å²) in [6, 6.07) is 12.4. The Labute approximate surface area is 131 Å². The Morgan fingerprint density at radius 2 is 2.05 bits per heavy atom. The normalized spacial score (nSPS) is 19.0. The molecule has 110 valence electrons. The van der Waals surface area contributed by atoms with Crippen molar-refractivity contribution in [3.63, 3.8) is 0 Å². The van der Waals surface area contributed by atoms with Crippen LogP contribution in [0.25, 0.3) is 10.8 Å². The Hall–Kier alpha value is -1.65. The van der Waals surface area contributed by atoms with Crippen molar-refractivity contribution in [2.45, 2.75) is 6.42 Å². The van der Waals surface area contributed by atoms with Crippen molar-refractivity contribution in [1.29, 1.82) is 0 Å². The lowest BCUT2D eigenvalue weighted by Crippen LogP contribution is -2.19. The maximum atomic E-state index is 5.82. The van der Waals surface area contributed by atoms with E-state index in [1.165, 1.54) is 30.6 Å². The predicted molar refractivity (Wildman–Crippen MR) is 93.9 cm³/mol. The van der Waals surface area contributed by atoms with Crippen molar-refractivity contribution in [3.8, 4) is 0 Å². The maximum Gasteiger partial charge on any atom is 0.104 e. The molecule has 21 heavy (non-hydrogen) atoms. The number of fused-ring (bicyclic) bond motifs is 1. The minimum Gasteiger partial charge on any atom is -0.389 e. The molecule has 1 atom stereocenters. The molecule has 2 aromatic rings. The van der Waals surface area contributed by atoms with Gasteiger partial charge in [-0.2, -0.15) is 0 Å². The third kappa shape index (κ3) is 3.01. The fraction of sp³-hybridized carbons (Fsp3) is 0.353. The molecule has 1 unspecified atom stereocenters. The predicted octanol–water partition coefficient (Wildman–Crippen LogP) is 2.84. The fourth-order valence-corrected chi connectivity index (χ4v) is 3.29. The van der Waals surface area contributed by atoms with Gasteiger partial charge in [-0.3, -0.25) is 0 Å². The van der Waals surface area contributed by atoms with E-state index in [1.807, 2.05) is 12.1 Å². The number of thiocarbonyl (C=S) groups is 1. The monoisotopic (exact) mass is 299 g/mol. The highest BCUT2D eigenvalue weighted by Crippen LogP contribution is 2.27.